The molecule has 134 valence electrons. The monoisotopic (exact) mass is 433 g/mol. The number of nitrogens with zero attached hydrogens (tertiary/aromatic N) is 3. The third kappa shape index (κ3) is 3.91. The molecule has 0 aliphatic carbocycles. The van der Waals surface area contributed by atoms with E-state index in [9.17, 15) is 4.79 Å². The van der Waals surface area contributed by atoms with Gasteiger partial charge in [-0.1, -0.05) is 45.9 Å². The number of benzene rings is 2. The van der Waals surface area contributed by atoms with Crippen molar-refractivity contribution < 1.29 is 14.3 Å². The molecule has 0 saturated heterocycles. The molecule has 0 radical (unpaired) electrons. The number of hydrogen-bond acceptors (Lipinski definition) is 6. The molecule has 0 amide bonds. The number of halogens is 1. The molecule has 0 atom stereocenters. The standard InChI is InChI=1S/C18H16BrN3O3S/c1-24-13-9-7-12(8-10-13)22-17(14-5-3-4-6-15(14)19)20-21-18(22)26-11-16(23)25-2/h3-10H,11H2,1-2H3. The van der Waals surface area contributed by atoms with Gasteiger partial charge in [-0.25, -0.2) is 0 Å². The summed E-state index contributed by atoms with van der Waals surface area (Å²) < 4.78 is 12.8. The lowest BCUT2D eigenvalue weighted by atomic mass is 10.2. The number of ether oxygens (including phenoxy) is 2. The van der Waals surface area contributed by atoms with E-state index < -0.39 is 0 Å². The Balaban J connectivity index is 2.08. The maximum absolute atomic E-state index is 11.5. The molecule has 8 heteroatoms. The Labute approximate surface area is 163 Å². The highest BCUT2D eigenvalue weighted by molar-refractivity contribution is 9.10. The van der Waals surface area contributed by atoms with Gasteiger partial charge >= 0.3 is 5.97 Å². The number of carbonyl (C=O) groups is 1. The van der Waals surface area contributed by atoms with Gasteiger partial charge in [0, 0.05) is 15.7 Å². The normalized spacial score (nSPS) is 10.6. The molecule has 3 rings (SSSR count). The van der Waals surface area contributed by atoms with Crippen molar-refractivity contribution in [2.45, 2.75) is 5.16 Å². The number of aromatic nitrogens is 3. The second-order valence-corrected chi connectivity index (χ2v) is 6.98. The summed E-state index contributed by atoms with van der Waals surface area (Å²) in [5, 5.41) is 9.23. The summed E-state index contributed by atoms with van der Waals surface area (Å²) in [6.45, 7) is 0. The first-order valence-electron chi connectivity index (χ1n) is 7.68. The van der Waals surface area contributed by atoms with Crippen LogP contribution >= 0.6 is 27.7 Å². The summed E-state index contributed by atoms with van der Waals surface area (Å²) in [5.41, 5.74) is 1.77. The average Bonchev–Trinajstić information content (AvgIpc) is 3.10. The smallest absolute Gasteiger partial charge is 0.316 e. The van der Waals surface area contributed by atoms with Crippen molar-refractivity contribution in [1.29, 1.82) is 0 Å². The Morgan fingerprint density at radius 2 is 1.85 bits per heavy atom. The van der Waals surface area contributed by atoms with Gasteiger partial charge in [0.05, 0.1) is 20.0 Å². The predicted octanol–water partition coefficient (Wildman–Crippen LogP) is 3.97. The zero-order valence-electron chi connectivity index (χ0n) is 14.2. The van der Waals surface area contributed by atoms with E-state index in [2.05, 4.69) is 26.1 Å². The van der Waals surface area contributed by atoms with E-state index in [4.69, 9.17) is 9.47 Å². The first-order chi connectivity index (χ1) is 12.6. The molecule has 2 aromatic carbocycles. The fourth-order valence-electron chi connectivity index (χ4n) is 2.33. The Morgan fingerprint density at radius 1 is 1.12 bits per heavy atom. The topological polar surface area (TPSA) is 66.2 Å². The minimum absolute atomic E-state index is 0.154. The molecule has 0 aliphatic heterocycles. The highest BCUT2D eigenvalue weighted by Gasteiger charge is 2.19. The van der Waals surface area contributed by atoms with Gasteiger partial charge in [-0.2, -0.15) is 0 Å². The van der Waals surface area contributed by atoms with E-state index in [1.54, 1.807) is 7.11 Å². The Hall–Kier alpha value is -2.32. The third-order valence-corrected chi connectivity index (χ3v) is 5.22. The largest absolute Gasteiger partial charge is 0.497 e. The van der Waals surface area contributed by atoms with E-state index >= 15 is 0 Å². The molecule has 0 saturated carbocycles. The molecule has 0 N–H and O–H groups in total. The van der Waals surface area contributed by atoms with Gasteiger partial charge in [-0.3, -0.25) is 9.36 Å². The van der Waals surface area contributed by atoms with Crippen LogP contribution in [0.1, 0.15) is 0 Å². The lowest BCUT2D eigenvalue weighted by Crippen LogP contribution is -2.05. The molecular weight excluding hydrogens is 418 g/mol. The maximum Gasteiger partial charge on any atom is 0.316 e. The zero-order chi connectivity index (χ0) is 18.5. The predicted molar refractivity (Wildman–Crippen MR) is 104 cm³/mol. The number of carbonyl (C=O) groups excluding carboxylic acids is 1. The molecule has 0 spiro atoms. The number of thioether (sulfide) groups is 1. The van der Waals surface area contributed by atoms with Crippen molar-refractivity contribution in [3.63, 3.8) is 0 Å². The first-order valence-corrected chi connectivity index (χ1v) is 9.46. The van der Waals surface area contributed by atoms with Crippen LogP contribution in [0.3, 0.4) is 0 Å². The van der Waals surface area contributed by atoms with Crippen LogP contribution in [0, 0.1) is 0 Å². The molecule has 0 bridgehead atoms. The van der Waals surface area contributed by atoms with Crippen molar-refractivity contribution >= 4 is 33.7 Å². The summed E-state index contributed by atoms with van der Waals surface area (Å²) in [5.74, 6) is 1.27. The molecule has 0 fully saturated rings. The second kappa shape index (κ2) is 8.37. The van der Waals surface area contributed by atoms with Crippen molar-refractivity contribution in [2.75, 3.05) is 20.0 Å². The minimum Gasteiger partial charge on any atom is -0.497 e. The summed E-state index contributed by atoms with van der Waals surface area (Å²) in [4.78, 5) is 11.5. The number of esters is 1. The van der Waals surface area contributed by atoms with E-state index in [-0.39, 0.29) is 11.7 Å². The molecule has 26 heavy (non-hydrogen) atoms. The number of hydrogen-bond donors (Lipinski definition) is 0. The lowest BCUT2D eigenvalue weighted by molar-refractivity contribution is -0.137. The lowest BCUT2D eigenvalue weighted by Gasteiger charge is -2.11. The van der Waals surface area contributed by atoms with Crippen molar-refractivity contribution in [3.8, 4) is 22.8 Å². The van der Waals surface area contributed by atoms with Crippen LogP contribution in [0.4, 0.5) is 0 Å². The van der Waals surface area contributed by atoms with E-state index in [0.29, 0.717) is 11.0 Å². The Bertz CT molecular complexity index is 912. The quantitative estimate of drug-likeness (QED) is 0.432. The van der Waals surface area contributed by atoms with Crippen LogP contribution < -0.4 is 4.74 Å². The van der Waals surface area contributed by atoms with E-state index in [0.717, 1.165) is 21.5 Å². The fourth-order valence-corrected chi connectivity index (χ4v) is 3.57. The van der Waals surface area contributed by atoms with Crippen molar-refractivity contribution in [2.24, 2.45) is 0 Å². The molecular formula is C18H16BrN3O3S. The van der Waals surface area contributed by atoms with Crippen molar-refractivity contribution in [1.82, 2.24) is 14.8 Å². The maximum atomic E-state index is 11.5. The summed E-state index contributed by atoms with van der Waals surface area (Å²) in [6, 6.07) is 15.4. The first kappa shape index (κ1) is 18.5. The van der Waals surface area contributed by atoms with Crippen LogP contribution in [0.25, 0.3) is 17.1 Å². The average molecular weight is 434 g/mol. The van der Waals surface area contributed by atoms with Crippen LogP contribution in [-0.4, -0.2) is 40.7 Å². The Morgan fingerprint density at radius 3 is 2.50 bits per heavy atom. The SMILES string of the molecule is COC(=O)CSc1nnc(-c2ccccc2Br)n1-c1ccc(OC)cc1. The van der Waals surface area contributed by atoms with Gasteiger partial charge in [0.15, 0.2) is 11.0 Å². The van der Waals surface area contributed by atoms with E-state index in [1.165, 1.54) is 18.9 Å². The van der Waals surface area contributed by atoms with Gasteiger partial charge in [0.1, 0.15) is 5.75 Å². The Kier molecular flexibility index (Phi) is 5.95. The molecule has 0 aliphatic rings. The molecule has 6 nitrogen and oxygen atoms in total. The minimum atomic E-state index is -0.318. The zero-order valence-corrected chi connectivity index (χ0v) is 16.6. The highest BCUT2D eigenvalue weighted by atomic mass is 79.9. The summed E-state index contributed by atoms with van der Waals surface area (Å²) in [6.07, 6.45) is 0. The third-order valence-electron chi connectivity index (χ3n) is 3.63. The molecule has 0 unspecified atom stereocenters. The van der Waals surface area contributed by atoms with Crippen LogP contribution in [0.15, 0.2) is 58.2 Å². The fraction of sp³-hybridized carbons (Fsp3) is 0.167. The number of methoxy groups -OCH3 is 2. The van der Waals surface area contributed by atoms with Gasteiger partial charge < -0.3 is 9.47 Å². The number of rotatable bonds is 6. The van der Waals surface area contributed by atoms with Gasteiger partial charge in [0.25, 0.3) is 0 Å². The molecule has 1 aromatic heterocycles. The van der Waals surface area contributed by atoms with Gasteiger partial charge in [-0.05, 0) is 30.3 Å². The summed E-state index contributed by atoms with van der Waals surface area (Å²) in [7, 11) is 2.99. The summed E-state index contributed by atoms with van der Waals surface area (Å²) >= 11 is 4.84. The van der Waals surface area contributed by atoms with Gasteiger partial charge in [-0.15, -0.1) is 10.2 Å². The van der Waals surface area contributed by atoms with Crippen LogP contribution in [-0.2, 0) is 9.53 Å². The molecule has 1 heterocycles. The van der Waals surface area contributed by atoms with Crippen molar-refractivity contribution in [3.05, 3.63) is 53.0 Å². The van der Waals surface area contributed by atoms with Crippen LogP contribution in [0.5, 0.6) is 5.75 Å². The second-order valence-electron chi connectivity index (χ2n) is 5.18. The van der Waals surface area contributed by atoms with Crippen LogP contribution in [0.2, 0.25) is 0 Å². The van der Waals surface area contributed by atoms with E-state index in [1.807, 2.05) is 53.1 Å². The highest BCUT2D eigenvalue weighted by Crippen LogP contribution is 2.32. The van der Waals surface area contributed by atoms with Gasteiger partial charge in [0.2, 0.25) is 0 Å². The molecule has 3 aromatic rings.